The lowest BCUT2D eigenvalue weighted by Gasteiger charge is -2.46. The van der Waals surface area contributed by atoms with Crippen molar-refractivity contribution in [3.8, 4) is 0 Å². The topological polar surface area (TPSA) is 133 Å². The molecule has 4 atom stereocenters. The summed E-state index contributed by atoms with van der Waals surface area (Å²) in [7, 11) is 0. The van der Waals surface area contributed by atoms with Gasteiger partial charge in [0.1, 0.15) is 25.4 Å². The molecular weight excluding hydrogens is 720 g/mol. The Morgan fingerprint density at radius 2 is 0.661 bits per heavy atom. The van der Waals surface area contributed by atoms with Gasteiger partial charge >= 0.3 is 12.3 Å². The van der Waals surface area contributed by atoms with E-state index in [0.29, 0.717) is 73.5 Å². The average molecular weight is 793 g/mol. The molecule has 4 aliphatic heterocycles. The quantitative estimate of drug-likeness (QED) is 0.110. The summed E-state index contributed by atoms with van der Waals surface area (Å²) in [5.41, 5.74) is 0.759. The van der Waals surface area contributed by atoms with Crippen molar-refractivity contribution >= 4 is 12.3 Å². The van der Waals surface area contributed by atoms with Gasteiger partial charge in [-0.05, 0) is 137 Å². The van der Waals surface area contributed by atoms with E-state index < -0.39 is 12.3 Å². The van der Waals surface area contributed by atoms with Crippen molar-refractivity contribution in [2.24, 2.45) is 34.5 Å². The van der Waals surface area contributed by atoms with Crippen molar-refractivity contribution in [3.63, 3.8) is 0 Å². The zero-order valence-electron chi connectivity index (χ0n) is 34.8. The van der Waals surface area contributed by atoms with Gasteiger partial charge in [-0.15, -0.1) is 0 Å². The molecule has 4 unspecified atom stereocenters. The zero-order chi connectivity index (χ0) is 39.1. The van der Waals surface area contributed by atoms with E-state index in [1.54, 1.807) is 0 Å². The van der Waals surface area contributed by atoms with E-state index in [2.05, 4.69) is 27.7 Å². The van der Waals surface area contributed by atoms with Crippen molar-refractivity contribution in [3.05, 3.63) is 0 Å². The van der Waals surface area contributed by atoms with Crippen molar-refractivity contribution in [2.45, 2.75) is 179 Å². The second kappa shape index (κ2) is 19.6. The first kappa shape index (κ1) is 42.4. The number of ether oxygens (including phenoxy) is 10. The molecule has 12 nitrogen and oxygen atoms in total. The molecule has 12 heteroatoms. The fourth-order valence-corrected chi connectivity index (χ4v) is 10.8. The van der Waals surface area contributed by atoms with E-state index in [1.807, 2.05) is 0 Å². The summed E-state index contributed by atoms with van der Waals surface area (Å²) in [4.78, 5) is 22.0. The third-order valence-electron chi connectivity index (χ3n) is 15.1. The number of rotatable bonds is 16. The summed E-state index contributed by atoms with van der Waals surface area (Å²) in [5.74, 6) is 3.12. The highest BCUT2D eigenvalue weighted by Gasteiger charge is 2.43. The Morgan fingerprint density at radius 1 is 0.411 bits per heavy atom. The third-order valence-corrected chi connectivity index (χ3v) is 15.1. The first-order valence-corrected chi connectivity index (χ1v) is 22.4. The molecule has 8 fully saturated rings. The van der Waals surface area contributed by atoms with Crippen molar-refractivity contribution < 1.29 is 57.0 Å². The van der Waals surface area contributed by atoms with Crippen LogP contribution >= 0.6 is 0 Å². The second-order valence-electron chi connectivity index (χ2n) is 19.4. The molecule has 4 saturated carbocycles. The predicted octanol–water partition coefficient (Wildman–Crippen LogP) is 8.20. The van der Waals surface area contributed by atoms with Gasteiger partial charge in [0.25, 0.3) is 0 Å². The maximum Gasteiger partial charge on any atom is 0.508 e. The highest BCUT2D eigenvalue weighted by molar-refractivity contribution is 5.62. The Balaban J connectivity index is 0.000000175. The van der Waals surface area contributed by atoms with Crippen molar-refractivity contribution in [1.29, 1.82) is 0 Å². The summed E-state index contributed by atoms with van der Waals surface area (Å²) in [6.45, 7) is 14.8. The van der Waals surface area contributed by atoms with Crippen molar-refractivity contribution in [2.75, 3.05) is 52.9 Å². The van der Waals surface area contributed by atoms with E-state index in [0.717, 1.165) is 63.9 Å². The Morgan fingerprint density at radius 3 is 0.875 bits per heavy atom. The van der Waals surface area contributed by atoms with E-state index in [9.17, 15) is 9.59 Å². The molecule has 56 heavy (non-hydrogen) atoms. The van der Waals surface area contributed by atoms with Gasteiger partial charge in [0.2, 0.25) is 0 Å². The lowest BCUT2D eigenvalue weighted by Crippen LogP contribution is -2.39. The van der Waals surface area contributed by atoms with Gasteiger partial charge in [0.05, 0.1) is 64.1 Å². The fraction of sp³-hybridized carbons (Fsp3) is 0.955. The molecule has 4 aliphatic carbocycles. The van der Waals surface area contributed by atoms with Gasteiger partial charge in [0, 0.05) is 0 Å². The Labute approximate surface area is 335 Å². The smallest absolute Gasteiger partial charge is 0.430 e. The van der Waals surface area contributed by atoms with E-state index in [1.165, 1.54) is 77.0 Å². The highest BCUT2D eigenvalue weighted by Crippen LogP contribution is 2.50. The van der Waals surface area contributed by atoms with Gasteiger partial charge in [-0.25, -0.2) is 9.59 Å². The number of carbonyl (C=O) groups excluding carboxylic acids is 2. The zero-order valence-corrected chi connectivity index (χ0v) is 34.8. The van der Waals surface area contributed by atoms with Crippen LogP contribution in [0.25, 0.3) is 0 Å². The standard InChI is InChI=1S/C23H36O8.C21H36O4/c1-23(2,15-3-7-17(8-4-15)26-11-19-13-28-21(24)30-19)16-5-9-18(10-6-16)27-12-20-14-29-22(25)31-20;1-21(2,15-3-7-17(8-4-15)22-11-19-13-24-19)16-5-9-18(10-6-16)23-12-20-14-25-20/h15-20H,3-14H2,1-2H3;15-20H,3-14H2,1-2H3. The van der Waals surface area contributed by atoms with E-state index in [4.69, 9.17) is 47.4 Å². The number of hydrogen-bond donors (Lipinski definition) is 0. The Bertz CT molecular complexity index is 1130. The average Bonchev–Trinajstić information content (AvgIpc) is 4.15. The minimum absolute atomic E-state index is 0.254. The lowest BCUT2D eigenvalue weighted by molar-refractivity contribution is -0.0553. The van der Waals surface area contributed by atoms with Gasteiger partial charge in [-0.1, -0.05) is 27.7 Å². The molecule has 0 spiro atoms. The van der Waals surface area contributed by atoms with E-state index in [-0.39, 0.29) is 24.4 Å². The summed E-state index contributed by atoms with van der Waals surface area (Å²) in [5, 5.41) is 0. The van der Waals surface area contributed by atoms with Crippen LogP contribution in [0.5, 0.6) is 0 Å². The number of cyclic esters (lactones) is 4. The van der Waals surface area contributed by atoms with Gasteiger partial charge in [-0.2, -0.15) is 0 Å². The molecule has 0 N–H and O–H groups in total. The normalized spacial score (nSPS) is 38.7. The van der Waals surface area contributed by atoms with Crippen LogP contribution in [-0.2, 0) is 47.4 Å². The SMILES string of the molecule is CC(C)(C1CCC(OCC2CO2)CC1)C1CCC(OCC2CO2)CC1.CC(C)(C1CCC(OCC2COC(=O)O2)CC1)C1CCC(OCC2COC(=O)O2)CC1. The number of hydrogen-bond acceptors (Lipinski definition) is 12. The van der Waals surface area contributed by atoms with Crippen LogP contribution in [0, 0.1) is 34.5 Å². The van der Waals surface area contributed by atoms with Crippen LogP contribution in [-0.4, -0.2) is 114 Å². The summed E-state index contributed by atoms with van der Waals surface area (Å²) < 4.78 is 54.3. The predicted molar refractivity (Wildman–Crippen MR) is 206 cm³/mol. The van der Waals surface area contributed by atoms with Crippen LogP contribution < -0.4 is 0 Å². The minimum atomic E-state index is -0.588. The molecular formula is C44H72O12. The first-order valence-electron chi connectivity index (χ1n) is 22.4. The first-order chi connectivity index (χ1) is 27.0. The van der Waals surface area contributed by atoms with E-state index >= 15 is 0 Å². The highest BCUT2D eigenvalue weighted by atomic mass is 16.8. The molecule has 8 rings (SSSR count). The molecule has 0 aromatic rings. The Hall–Kier alpha value is -1.70. The van der Waals surface area contributed by atoms with Crippen LogP contribution in [0.3, 0.4) is 0 Å². The molecule has 320 valence electrons. The fourth-order valence-electron chi connectivity index (χ4n) is 10.8. The largest absolute Gasteiger partial charge is 0.508 e. The van der Waals surface area contributed by atoms with Crippen LogP contribution in [0.2, 0.25) is 0 Å². The minimum Gasteiger partial charge on any atom is -0.430 e. The Kier molecular flexibility index (Phi) is 14.8. The second-order valence-corrected chi connectivity index (χ2v) is 19.4. The molecule has 0 aromatic carbocycles. The van der Waals surface area contributed by atoms with Crippen LogP contribution in [0.1, 0.15) is 130 Å². The summed E-state index contributed by atoms with van der Waals surface area (Å²) in [6, 6.07) is 0. The van der Waals surface area contributed by atoms with Gasteiger partial charge < -0.3 is 47.4 Å². The monoisotopic (exact) mass is 793 g/mol. The van der Waals surface area contributed by atoms with Crippen LogP contribution in [0.4, 0.5) is 9.59 Å². The van der Waals surface area contributed by atoms with Crippen LogP contribution in [0.15, 0.2) is 0 Å². The molecule has 0 radical (unpaired) electrons. The maximum atomic E-state index is 11.0. The van der Waals surface area contributed by atoms with Crippen molar-refractivity contribution in [1.82, 2.24) is 0 Å². The number of carbonyl (C=O) groups is 2. The lowest BCUT2D eigenvalue weighted by atomic mass is 9.60. The summed E-state index contributed by atoms with van der Waals surface area (Å²) >= 11 is 0. The molecule has 4 saturated heterocycles. The maximum absolute atomic E-state index is 11.0. The third kappa shape index (κ3) is 12.2. The molecule has 0 aromatic heterocycles. The molecule has 0 bridgehead atoms. The molecule has 8 aliphatic rings. The molecule has 4 heterocycles. The molecule has 0 amide bonds. The summed E-state index contributed by atoms with van der Waals surface area (Å²) in [6.07, 6.45) is 19.8. The number of epoxide rings is 2. The van der Waals surface area contributed by atoms with Gasteiger partial charge in [-0.3, -0.25) is 0 Å². The van der Waals surface area contributed by atoms with Gasteiger partial charge in [0.15, 0.2) is 12.2 Å².